The molecule has 1 aromatic carbocycles. The highest BCUT2D eigenvalue weighted by Crippen LogP contribution is 2.17. The van der Waals surface area contributed by atoms with E-state index in [9.17, 15) is 4.79 Å². The zero-order valence-corrected chi connectivity index (χ0v) is 14.3. The molecule has 0 saturated carbocycles. The van der Waals surface area contributed by atoms with Crippen LogP contribution in [0, 0.1) is 0 Å². The summed E-state index contributed by atoms with van der Waals surface area (Å²) in [5.74, 6) is -0.201. The molecule has 120 valence electrons. The summed E-state index contributed by atoms with van der Waals surface area (Å²) in [6, 6.07) is 13.1. The van der Waals surface area contributed by atoms with Crippen LogP contribution < -0.4 is 10.6 Å². The zero-order valence-electron chi connectivity index (χ0n) is 12.7. The highest BCUT2D eigenvalue weighted by atomic mass is 79.9. The molecule has 0 radical (unpaired) electrons. The Labute approximate surface area is 148 Å². The molecule has 0 unspecified atom stereocenters. The lowest BCUT2D eigenvalue weighted by molar-refractivity contribution is 0.102. The number of carbonyl (C=O) groups excluding carboxylic acids is 1. The van der Waals surface area contributed by atoms with E-state index < -0.39 is 0 Å². The van der Waals surface area contributed by atoms with Gasteiger partial charge in [-0.1, -0.05) is 22.0 Å². The predicted molar refractivity (Wildman–Crippen MR) is 97.9 cm³/mol. The molecule has 0 spiro atoms. The topological polar surface area (TPSA) is 66.9 Å². The summed E-state index contributed by atoms with van der Waals surface area (Å²) in [6.45, 7) is 0.640. The molecular formula is C18H15BrN4O. The molecule has 0 aliphatic carbocycles. The Morgan fingerprint density at radius 3 is 2.62 bits per heavy atom. The van der Waals surface area contributed by atoms with Gasteiger partial charge in [-0.15, -0.1) is 0 Å². The molecule has 6 heteroatoms. The first-order chi connectivity index (χ1) is 11.7. The van der Waals surface area contributed by atoms with E-state index in [-0.39, 0.29) is 5.91 Å². The number of carbonyl (C=O) groups is 1. The van der Waals surface area contributed by atoms with Crippen LogP contribution in [-0.4, -0.2) is 15.9 Å². The lowest BCUT2D eigenvalue weighted by atomic mass is 10.2. The quantitative estimate of drug-likeness (QED) is 0.696. The molecule has 24 heavy (non-hydrogen) atoms. The van der Waals surface area contributed by atoms with Crippen molar-refractivity contribution in [3.63, 3.8) is 0 Å². The van der Waals surface area contributed by atoms with Gasteiger partial charge < -0.3 is 10.6 Å². The van der Waals surface area contributed by atoms with Crippen LogP contribution in [0.4, 0.5) is 11.4 Å². The van der Waals surface area contributed by atoms with Gasteiger partial charge in [0.05, 0.1) is 11.3 Å². The lowest BCUT2D eigenvalue weighted by Gasteiger charge is -2.09. The summed E-state index contributed by atoms with van der Waals surface area (Å²) in [4.78, 5) is 20.5. The average Bonchev–Trinajstić information content (AvgIpc) is 2.61. The average molecular weight is 383 g/mol. The van der Waals surface area contributed by atoms with Crippen molar-refractivity contribution in [1.29, 1.82) is 0 Å². The van der Waals surface area contributed by atoms with Crippen LogP contribution in [0.1, 0.15) is 15.9 Å². The van der Waals surface area contributed by atoms with Crippen LogP contribution in [0.3, 0.4) is 0 Å². The van der Waals surface area contributed by atoms with Crippen molar-refractivity contribution >= 4 is 33.2 Å². The second kappa shape index (κ2) is 7.70. The summed E-state index contributed by atoms with van der Waals surface area (Å²) in [5, 5.41) is 6.11. The van der Waals surface area contributed by atoms with Crippen molar-refractivity contribution in [2.45, 2.75) is 6.54 Å². The van der Waals surface area contributed by atoms with Crippen molar-refractivity contribution in [3.05, 3.63) is 82.9 Å². The van der Waals surface area contributed by atoms with Gasteiger partial charge in [-0.25, -0.2) is 0 Å². The predicted octanol–water partition coefficient (Wildman–Crippen LogP) is 4.10. The standard InChI is InChI=1S/C18H15BrN4O/c19-15-2-1-3-16(9-15)23-18(24)14-8-17(12-21-11-14)22-10-13-4-6-20-7-5-13/h1-9,11-12,22H,10H2,(H,23,24). The molecule has 2 N–H and O–H groups in total. The number of nitrogens with one attached hydrogen (secondary N) is 2. The number of hydrogen-bond acceptors (Lipinski definition) is 4. The van der Waals surface area contributed by atoms with Gasteiger partial charge in [0.1, 0.15) is 0 Å². The van der Waals surface area contributed by atoms with E-state index in [0.717, 1.165) is 21.4 Å². The summed E-state index contributed by atoms with van der Waals surface area (Å²) in [6.07, 6.45) is 6.73. The van der Waals surface area contributed by atoms with Crippen LogP contribution in [-0.2, 0) is 6.54 Å². The van der Waals surface area contributed by atoms with Crippen molar-refractivity contribution in [2.75, 3.05) is 10.6 Å². The van der Waals surface area contributed by atoms with Gasteiger partial charge >= 0.3 is 0 Å². The molecule has 2 heterocycles. The smallest absolute Gasteiger partial charge is 0.257 e. The number of nitrogens with zero attached hydrogens (tertiary/aromatic N) is 2. The van der Waals surface area contributed by atoms with Crippen LogP contribution in [0.2, 0.25) is 0 Å². The lowest BCUT2D eigenvalue weighted by Crippen LogP contribution is -2.12. The van der Waals surface area contributed by atoms with Crippen LogP contribution in [0.25, 0.3) is 0 Å². The number of pyridine rings is 2. The third-order valence-electron chi connectivity index (χ3n) is 3.33. The van der Waals surface area contributed by atoms with E-state index in [1.54, 1.807) is 30.9 Å². The molecule has 0 aliphatic rings. The third kappa shape index (κ3) is 4.39. The number of aromatic nitrogens is 2. The summed E-state index contributed by atoms with van der Waals surface area (Å²) >= 11 is 3.38. The largest absolute Gasteiger partial charge is 0.380 e. The van der Waals surface area contributed by atoms with Gasteiger partial charge in [0.15, 0.2) is 0 Å². The van der Waals surface area contributed by atoms with E-state index >= 15 is 0 Å². The van der Waals surface area contributed by atoms with Gasteiger partial charge in [-0.05, 0) is 42.0 Å². The molecule has 3 aromatic rings. The Balaban J connectivity index is 1.67. The molecular weight excluding hydrogens is 368 g/mol. The van der Waals surface area contributed by atoms with Gasteiger partial charge in [-0.3, -0.25) is 14.8 Å². The summed E-state index contributed by atoms with van der Waals surface area (Å²) < 4.78 is 0.909. The molecule has 1 amide bonds. The van der Waals surface area contributed by atoms with E-state index in [1.807, 2.05) is 36.4 Å². The number of rotatable bonds is 5. The minimum atomic E-state index is -0.201. The molecule has 0 saturated heterocycles. The molecule has 3 rings (SSSR count). The van der Waals surface area contributed by atoms with Crippen LogP contribution in [0.5, 0.6) is 0 Å². The Kier molecular flexibility index (Phi) is 5.18. The highest BCUT2D eigenvalue weighted by molar-refractivity contribution is 9.10. The minimum Gasteiger partial charge on any atom is -0.380 e. The van der Waals surface area contributed by atoms with Gasteiger partial charge in [-0.2, -0.15) is 0 Å². The van der Waals surface area contributed by atoms with E-state index in [1.165, 1.54) is 0 Å². The number of amides is 1. The zero-order chi connectivity index (χ0) is 16.8. The first-order valence-electron chi connectivity index (χ1n) is 7.35. The second-order valence-corrected chi connectivity index (χ2v) is 6.05. The van der Waals surface area contributed by atoms with Gasteiger partial charge in [0.2, 0.25) is 0 Å². The monoisotopic (exact) mass is 382 g/mol. The maximum absolute atomic E-state index is 12.3. The number of halogens is 1. The number of hydrogen-bond donors (Lipinski definition) is 2. The first-order valence-corrected chi connectivity index (χ1v) is 8.15. The number of benzene rings is 1. The fourth-order valence-electron chi connectivity index (χ4n) is 2.14. The summed E-state index contributed by atoms with van der Waals surface area (Å²) in [5.41, 5.74) is 3.11. The maximum Gasteiger partial charge on any atom is 0.257 e. The summed E-state index contributed by atoms with van der Waals surface area (Å²) in [7, 11) is 0. The van der Waals surface area contributed by atoms with Crippen molar-refractivity contribution in [2.24, 2.45) is 0 Å². The first kappa shape index (κ1) is 16.1. The molecule has 0 bridgehead atoms. The fourth-order valence-corrected chi connectivity index (χ4v) is 2.53. The molecule has 5 nitrogen and oxygen atoms in total. The SMILES string of the molecule is O=C(Nc1cccc(Br)c1)c1cncc(NCc2ccncc2)c1. The van der Waals surface area contributed by atoms with Crippen LogP contribution >= 0.6 is 15.9 Å². The minimum absolute atomic E-state index is 0.201. The Bertz CT molecular complexity index is 839. The second-order valence-electron chi connectivity index (χ2n) is 5.14. The van der Waals surface area contributed by atoms with E-state index in [2.05, 4.69) is 36.5 Å². The Hall–Kier alpha value is -2.73. The maximum atomic E-state index is 12.3. The molecule has 0 atom stereocenters. The fraction of sp³-hybridized carbons (Fsp3) is 0.0556. The van der Waals surface area contributed by atoms with Gasteiger partial charge in [0, 0.05) is 41.5 Å². The molecule has 0 fully saturated rings. The van der Waals surface area contributed by atoms with E-state index in [0.29, 0.717) is 12.1 Å². The van der Waals surface area contributed by atoms with Crippen LogP contribution in [0.15, 0.2) is 71.7 Å². The number of anilines is 2. The normalized spacial score (nSPS) is 10.2. The third-order valence-corrected chi connectivity index (χ3v) is 3.82. The Morgan fingerprint density at radius 2 is 1.83 bits per heavy atom. The van der Waals surface area contributed by atoms with Crippen molar-refractivity contribution < 1.29 is 4.79 Å². The molecule has 2 aromatic heterocycles. The molecule has 0 aliphatic heterocycles. The van der Waals surface area contributed by atoms with Crippen molar-refractivity contribution in [1.82, 2.24) is 9.97 Å². The van der Waals surface area contributed by atoms with Gasteiger partial charge in [0.25, 0.3) is 5.91 Å². The van der Waals surface area contributed by atoms with Crippen molar-refractivity contribution in [3.8, 4) is 0 Å². The Morgan fingerprint density at radius 1 is 1.00 bits per heavy atom. The van der Waals surface area contributed by atoms with E-state index in [4.69, 9.17) is 0 Å². The highest BCUT2D eigenvalue weighted by Gasteiger charge is 2.08.